The minimum atomic E-state index is -1.37. The number of piperazine rings is 1. The molecule has 19 atom stereocenters. The fourth-order valence-electron chi connectivity index (χ4n) is 14.3. The van der Waals surface area contributed by atoms with E-state index in [2.05, 4.69) is 86.3 Å². The maximum Gasteiger partial charge on any atom is 1.00 e. The minimum absolute atomic E-state index is 0. The fraction of sp³-hybridized carbons (Fsp3) is 0.697. The van der Waals surface area contributed by atoms with Gasteiger partial charge in [0.15, 0.2) is 5.79 Å². The fourth-order valence-corrected chi connectivity index (χ4v) is 15.9. The molecule has 86 heavy (non-hydrogen) atoms. The number of likely N-dealkylation sites (N-methyl/N-ethyl adjacent to an activating group) is 1. The number of benzene rings is 2. The van der Waals surface area contributed by atoms with Gasteiger partial charge in [0.05, 0.1) is 47.8 Å². The monoisotopic (exact) mass is 1240 g/mol. The van der Waals surface area contributed by atoms with Gasteiger partial charge in [0.2, 0.25) is 5.79 Å². The van der Waals surface area contributed by atoms with Crippen LogP contribution in [0.2, 0.25) is 0 Å². The quantitative estimate of drug-likeness (QED) is 0.0562. The summed E-state index contributed by atoms with van der Waals surface area (Å²) in [6.45, 7) is 24.2. The summed E-state index contributed by atoms with van der Waals surface area (Å²) in [4.78, 5) is 54.7. The Labute approximate surface area is 541 Å². The van der Waals surface area contributed by atoms with Crippen molar-refractivity contribution in [3.05, 3.63) is 77.9 Å². The molecule has 7 aliphatic rings. The number of ketones is 1. The van der Waals surface area contributed by atoms with Crippen LogP contribution in [0.5, 0.6) is 0 Å². The van der Waals surface area contributed by atoms with Crippen molar-refractivity contribution in [1.82, 2.24) is 9.80 Å². The Balaban J connectivity index is 0.000000293. The zero-order valence-corrected chi connectivity index (χ0v) is 56.8. The van der Waals surface area contributed by atoms with Crippen LogP contribution in [0.25, 0.3) is 0 Å². The first-order valence-corrected chi connectivity index (χ1v) is 33.1. The van der Waals surface area contributed by atoms with Gasteiger partial charge in [-0.2, -0.15) is 0 Å². The van der Waals surface area contributed by atoms with Gasteiger partial charge in [-0.3, -0.25) is 9.69 Å². The molecule has 0 aliphatic carbocycles. The van der Waals surface area contributed by atoms with Gasteiger partial charge in [0, 0.05) is 101 Å². The Bertz CT molecular complexity index is 2660. The molecule has 0 aromatic heterocycles. The van der Waals surface area contributed by atoms with Crippen LogP contribution in [-0.2, 0) is 49.3 Å². The van der Waals surface area contributed by atoms with Crippen molar-refractivity contribution in [1.29, 1.82) is 0 Å². The SMILES string of the molecule is CCC(C(=O)[O-])C1CCC(C)C(C(C)C(O)C(C)C(=O)C(CC)C2OC3(C=CC(O)C4(CCC(C)(C5CCC(O)(CC)C(C)O5)O4)O3)C(C)CC2C)O1.CSc1ccc2c(c1)C(N1CCN(C)CC1)Cc1ccccc1S2.O=C(O)C=CC(=O)O.[Na+]. The average Bonchev–Trinajstić information content (AvgIpc) is 1.45. The van der Waals surface area contributed by atoms with E-state index >= 15 is 0 Å². The molecule has 0 amide bonds. The van der Waals surface area contributed by atoms with Crippen molar-refractivity contribution < 1.29 is 103 Å². The second kappa shape index (κ2) is 31.1. The van der Waals surface area contributed by atoms with Crippen LogP contribution < -0.4 is 34.7 Å². The number of aliphatic hydroxyl groups is 3. The molecular formula is C66H97N2NaO15S2. The van der Waals surface area contributed by atoms with Crippen molar-refractivity contribution in [3.8, 4) is 0 Å². The van der Waals surface area contributed by atoms with Crippen LogP contribution >= 0.6 is 23.5 Å². The maximum atomic E-state index is 14.4. The van der Waals surface area contributed by atoms with E-state index in [4.69, 9.17) is 33.9 Å². The van der Waals surface area contributed by atoms with E-state index in [0.717, 1.165) is 25.9 Å². The number of rotatable bonds is 16. The van der Waals surface area contributed by atoms with Crippen molar-refractivity contribution in [2.24, 2.45) is 41.4 Å². The van der Waals surface area contributed by atoms with Crippen LogP contribution in [-0.4, -0.2) is 164 Å². The average molecular weight is 1250 g/mol. The Morgan fingerprint density at radius 3 is 2.12 bits per heavy atom. The Kier molecular flexibility index (Phi) is 26.2. The second-order valence-electron chi connectivity index (χ2n) is 25.6. The molecule has 19 unspecified atom stereocenters. The molecular weight excluding hydrogens is 1150 g/mol. The number of nitrogens with zero attached hydrogens (tertiary/aromatic N) is 2. The first kappa shape index (κ1) is 72.4. The molecule has 474 valence electrons. The molecule has 0 saturated carbocycles. The van der Waals surface area contributed by atoms with E-state index in [1.807, 2.05) is 65.1 Å². The first-order valence-electron chi connectivity index (χ1n) is 31.1. The molecule has 5 N–H and O–H groups in total. The third-order valence-corrected chi connectivity index (χ3v) is 21.9. The molecule has 0 bridgehead atoms. The van der Waals surface area contributed by atoms with E-state index in [-0.39, 0.29) is 65.3 Å². The number of carbonyl (C=O) groups excluding carboxylic acids is 2. The van der Waals surface area contributed by atoms with E-state index in [1.54, 1.807) is 19.1 Å². The summed E-state index contributed by atoms with van der Waals surface area (Å²) in [5.74, 6) is -8.75. The van der Waals surface area contributed by atoms with Crippen LogP contribution in [0.1, 0.15) is 151 Å². The number of fused-ring (bicyclic) bond motifs is 2. The summed E-state index contributed by atoms with van der Waals surface area (Å²) in [5, 5.41) is 61.6. The van der Waals surface area contributed by atoms with Gasteiger partial charge in [-0.1, -0.05) is 85.4 Å². The first-order chi connectivity index (χ1) is 40.2. The molecule has 0 radical (unpaired) electrons. The molecule has 5 saturated heterocycles. The number of Topliss-reactive ketones (excluding diaryl/α,β-unsaturated/α-hetero) is 1. The molecule has 2 aromatic rings. The van der Waals surface area contributed by atoms with Gasteiger partial charge in [-0.05, 0) is 151 Å². The Hall–Kier alpha value is -2.70. The number of thioether (sulfide) groups is 1. The van der Waals surface area contributed by atoms with Gasteiger partial charge >= 0.3 is 41.5 Å². The number of carbonyl (C=O) groups is 4. The van der Waals surface area contributed by atoms with E-state index in [0.29, 0.717) is 76.0 Å². The number of carboxylic acid groups (broad SMARTS) is 3. The summed E-state index contributed by atoms with van der Waals surface area (Å²) in [5.41, 5.74) is 1.38. The molecule has 2 spiro atoms. The number of aliphatic carboxylic acids is 3. The molecule has 5 fully saturated rings. The van der Waals surface area contributed by atoms with Crippen molar-refractivity contribution in [3.63, 3.8) is 0 Å². The van der Waals surface area contributed by atoms with Gasteiger partial charge in [0.25, 0.3) is 0 Å². The smallest absolute Gasteiger partial charge is 0.550 e. The molecule has 7 aliphatic heterocycles. The molecule has 9 rings (SSSR count). The van der Waals surface area contributed by atoms with Gasteiger partial charge in [-0.25, -0.2) is 9.59 Å². The topological polar surface area (TPSA) is 245 Å². The Morgan fingerprint density at radius 1 is 0.849 bits per heavy atom. The molecule has 7 heterocycles. The number of hydrogen-bond donors (Lipinski definition) is 5. The standard InChI is InChI=1S/C42H70O11.C20H24N2S2.C4H4O4.Na/c1-11-29(38(46)47)31-15-14-23(4)36(50-31)27(8)34(44)26(7)35(45)30(12-2)37-24(5)22-25(6)41(51-37)19-16-32(43)42(53-41)21-20-39(10,52-42)33-17-18-40(48,13-3)28(9)49-33;1-21-9-11-22(12-10-21)18-13-15-5-3-4-6-19(15)24-20-8-7-16(23-2)14-17(18)20;5-3(6)1-2-4(7)8;/h16,19,23-34,36-37,43-44,48H,11-15,17-18,20-22H2,1-10H3,(H,46,47);3-8,14,18H,9-13H2,1-2H3;1-2H,(H,5,6)(H,7,8);/q;;;+1/p-1. The molecule has 2 aromatic carbocycles. The molecule has 17 nitrogen and oxygen atoms in total. The summed E-state index contributed by atoms with van der Waals surface area (Å²) in [7, 11) is 2.23. The van der Waals surface area contributed by atoms with E-state index < -0.39 is 94.9 Å². The van der Waals surface area contributed by atoms with Crippen LogP contribution in [0.15, 0.2) is 81.5 Å². The number of carboxylic acids is 3. The summed E-state index contributed by atoms with van der Waals surface area (Å²) in [6, 6.07) is 16.5. The summed E-state index contributed by atoms with van der Waals surface area (Å²) < 4.78 is 33.4. The van der Waals surface area contributed by atoms with Gasteiger partial charge < -0.3 is 64.0 Å². The van der Waals surface area contributed by atoms with Gasteiger partial charge in [-0.15, -0.1) is 11.8 Å². The largest absolute Gasteiger partial charge is 1.00 e. The van der Waals surface area contributed by atoms with Crippen molar-refractivity contribution >= 4 is 47.2 Å². The summed E-state index contributed by atoms with van der Waals surface area (Å²) in [6.07, 6.45) is 9.63. The normalized spacial score (nSPS) is 35.4. The maximum absolute atomic E-state index is 14.4. The van der Waals surface area contributed by atoms with Crippen LogP contribution in [0, 0.1) is 41.4 Å². The Morgan fingerprint density at radius 2 is 1.51 bits per heavy atom. The van der Waals surface area contributed by atoms with Crippen molar-refractivity contribution in [2.75, 3.05) is 39.5 Å². The van der Waals surface area contributed by atoms with E-state index in [1.165, 1.54) is 38.9 Å². The zero-order valence-electron chi connectivity index (χ0n) is 53.1. The summed E-state index contributed by atoms with van der Waals surface area (Å²) >= 11 is 3.79. The third kappa shape index (κ3) is 16.5. The number of ether oxygens (including phenoxy) is 5. The number of hydrogen-bond acceptors (Lipinski definition) is 17. The molecule has 20 heteroatoms. The predicted octanol–water partition coefficient (Wildman–Crippen LogP) is 5.97. The van der Waals surface area contributed by atoms with Gasteiger partial charge in [0.1, 0.15) is 11.9 Å². The zero-order chi connectivity index (χ0) is 62.3. The van der Waals surface area contributed by atoms with E-state index in [9.17, 15) is 39.6 Å². The predicted molar refractivity (Wildman–Crippen MR) is 325 cm³/mol. The van der Waals surface area contributed by atoms with Crippen molar-refractivity contribution in [2.45, 2.75) is 226 Å². The van der Waals surface area contributed by atoms with Crippen LogP contribution in [0.3, 0.4) is 0 Å². The van der Waals surface area contributed by atoms with Crippen LogP contribution in [0.4, 0.5) is 0 Å². The second-order valence-corrected chi connectivity index (χ2v) is 27.5. The number of aliphatic hydroxyl groups excluding tert-OH is 2. The minimum Gasteiger partial charge on any atom is -0.550 e. The third-order valence-electron chi connectivity index (χ3n) is 20.0.